The van der Waals surface area contributed by atoms with E-state index in [1.54, 1.807) is 0 Å². The Hall–Kier alpha value is -6.71. The number of para-hydroxylation sites is 5. The molecule has 9 rings (SSSR count). The van der Waals surface area contributed by atoms with Gasteiger partial charge in [-0.1, -0.05) is 140 Å². The highest BCUT2D eigenvalue weighted by Gasteiger charge is 2.18. The first-order chi connectivity index (χ1) is 24.8. The third-order valence-corrected chi connectivity index (χ3v) is 9.38. The topological polar surface area (TPSA) is 21.1 Å². The molecule has 3 nitrogen and oxygen atoms in total. The van der Waals surface area contributed by atoms with Gasteiger partial charge in [0.25, 0.3) is 0 Å². The Kier molecular flexibility index (Phi) is 7.49. The molecule has 8 aromatic carbocycles. The number of imidazole rings is 1. The van der Waals surface area contributed by atoms with Gasteiger partial charge in [-0.2, -0.15) is 0 Å². The molecule has 0 N–H and O–H groups in total. The van der Waals surface area contributed by atoms with Crippen LogP contribution in [0, 0.1) is 0 Å². The number of hydrogen-bond acceptors (Lipinski definition) is 2. The van der Waals surface area contributed by atoms with Gasteiger partial charge in [-0.3, -0.25) is 4.57 Å². The van der Waals surface area contributed by atoms with Gasteiger partial charge in [0.2, 0.25) is 0 Å². The van der Waals surface area contributed by atoms with E-state index in [0.717, 1.165) is 50.7 Å². The van der Waals surface area contributed by atoms with Crippen molar-refractivity contribution in [2.24, 2.45) is 0 Å². The lowest BCUT2D eigenvalue weighted by atomic mass is 9.89. The highest BCUT2D eigenvalue weighted by Crippen LogP contribution is 2.42. The predicted molar refractivity (Wildman–Crippen MR) is 210 cm³/mol. The van der Waals surface area contributed by atoms with Crippen molar-refractivity contribution in [3.05, 3.63) is 200 Å². The minimum Gasteiger partial charge on any atom is -0.310 e. The average Bonchev–Trinajstić information content (AvgIpc) is 3.59. The zero-order valence-electron chi connectivity index (χ0n) is 27.4. The number of aromatic nitrogens is 2. The molecule has 0 bridgehead atoms. The molecule has 0 aliphatic rings. The summed E-state index contributed by atoms with van der Waals surface area (Å²) in [5.41, 5.74) is 12.3. The van der Waals surface area contributed by atoms with Gasteiger partial charge in [0.15, 0.2) is 0 Å². The molecule has 236 valence electrons. The fraction of sp³-hybridized carbons (Fsp3) is 0. The number of hydrogen-bond donors (Lipinski definition) is 0. The summed E-state index contributed by atoms with van der Waals surface area (Å²) in [5.74, 6) is 0.928. The maximum absolute atomic E-state index is 5.10. The molecular weight excluding hydrogens is 607 g/mol. The highest BCUT2D eigenvalue weighted by molar-refractivity contribution is 6.05. The van der Waals surface area contributed by atoms with E-state index in [0.29, 0.717) is 0 Å². The largest absolute Gasteiger partial charge is 0.310 e. The van der Waals surface area contributed by atoms with Gasteiger partial charge >= 0.3 is 0 Å². The van der Waals surface area contributed by atoms with Crippen LogP contribution >= 0.6 is 0 Å². The lowest BCUT2D eigenvalue weighted by Gasteiger charge is -2.26. The van der Waals surface area contributed by atoms with E-state index in [9.17, 15) is 0 Å². The van der Waals surface area contributed by atoms with Crippen LogP contribution in [0.15, 0.2) is 200 Å². The first-order valence-electron chi connectivity index (χ1n) is 17.0. The predicted octanol–water partition coefficient (Wildman–Crippen LogP) is 12.6. The van der Waals surface area contributed by atoms with Gasteiger partial charge in [0.1, 0.15) is 5.82 Å². The fourth-order valence-corrected chi connectivity index (χ4v) is 7.08. The van der Waals surface area contributed by atoms with Gasteiger partial charge in [-0.25, -0.2) is 4.98 Å². The van der Waals surface area contributed by atoms with E-state index in [1.807, 2.05) is 6.07 Å². The van der Waals surface area contributed by atoms with Gasteiger partial charge in [-0.05, 0) is 93.7 Å². The van der Waals surface area contributed by atoms with Crippen molar-refractivity contribution in [1.29, 1.82) is 0 Å². The Balaban J connectivity index is 1.18. The van der Waals surface area contributed by atoms with Crippen LogP contribution in [-0.4, -0.2) is 9.55 Å². The van der Waals surface area contributed by atoms with Crippen molar-refractivity contribution in [3.63, 3.8) is 0 Å². The first-order valence-corrected chi connectivity index (χ1v) is 17.0. The van der Waals surface area contributed by atoms with Crippen molar-refractivity contribution in [2.45, 2.75) is 0 Å². The second kappa shape index (κ2) is 12.7. The lowest BCUT2D eigenvalue weighted by molar-refractivity contribution is 1.10. The first kappa shape index (κ1) is 29.4. The molecule has 0 radical (unpaired) electrons. The van der Waals surface area contributed by atoms with Crippen LogP contribution in [0.1, 0.15) is 0 Å². The molecule has 0 unspecified atom stereocenters. The summed E-state index contributed by atoms with van der Waals surface area (Å²) in [6.07, 6.45) is 0. The molecule has 0 saturated carbocycles. The second-order valence-corrected chi connectivity index (χ2v) is 12.4. The SMILES string of the molecule is c1ccc(N(c2ccccc2)c2cccc(-c3c(-c4ccc(-c5nc6ccccc6n5-c5ccccc5)cc4)ccc4ccccc34)c2)cc1. The molecule has 9 aromatic rings. The van der Waals surface area contributed by atoms with E-state index in [2.05, 4.69) is 204 Å². The van der Waals surface area contributed by atoms with Crippen molar-refractivity contribution in [1.82, 2.24) is 9.55 Å². The van der Waals surface area contributed by atoms with E-state index in [1.165, 1.54) is 27.5 Å². The maximum atomic E-state index is 5.10. The van der Waals surface area contributed by atoms with Crippen LogP contribution in [0.4, 0.5) is 17.1 Å². The molecule has 50 heavy (non-hydrogen) atoms. The highest BCUT2D eigenvalue weighted by atomic mass is 15.1. The van der Waals surface area contributed by atoms with Crippen LogP contribution in [0.3, 0.4) is 0 Å². The molecule has 0 aliphatic heterocycles. The summed E-state index contributed by atoms with van der Waals surface area (Å²) in [7, 11) is 0. The molecule has 0 amide bonds. The minimum atomic E-state index is 0.928. The maximum Gasteiger partial charge on any atom is 0.145 e. The van der Waals surface area contributed by atoms with Crippen LogP contribution in [0.2, 0.25) is 0 Å². The molecule has 3 heteroatoms. The quantitative estimate of drug-likeness (QED) is 0.173. The van der Waals surface area contributed by atoms with Crippen LogP contribution in [0.5, 0.6) is 0 Å². The number of anilines is 3. The van der Waals surface area contributed by atoms with Crippen LogP contribution in [0.25, 0.3) is 61.1 Å². The normalized spacial score (nSPS) is 11.2. The molecule has 0 atom stereocenters. The number of rotatable bonds is 7. The summed E-state index contributed by atoms with van der Waals surface area (Å²) >= 11 is 0. The Morgan fingerprint density at radius 1 is 0.420 bits per heavy atom. The molecule has 0 fully saturated rings. The summed E-state index contributed by atoms with van der Waals surface area (Å²) < 4.78 is 2.25. The number of fused-ring (bicyclic) bond motifs is 2. The second-order valence-electron chi connectivity index (χ2n) is 12.4. The van der Waals surface area contributed by atoms with E-state index >= 15 is 0 Å². The average molecular weight is 640 g/mol. The zero-order valence-corrected chi connectivity index (χ0v) is 27.4. The molecule has 0 aliphatic carbocycles. The minimum absolute atomic E-state index is 0.928. The van der Waals surface area contributed by atoms with Gasteiger partial charge in [-0.15, -0.1) is 0 Å². The molecule has 0 spiro atoms. The smallest absolute Gasteiger partial charge is 0.145 e. The number of nitrogens with zero attached hydrogens (tertiary/aromatic N) is 3. The van der Waals surface area contributed by atoms with Gasteiger partial charge < -0.3 is 4.90 Å². The summed E-state index contributed by atoms with van der Waals surface area (Å²) in [6.45, 7) is 0. The molecule has 0 saturated heterocycles. The van der Waals surface area contributed by atoms with Crippen molar-refractivity contribution in [2.75, 3.05) is 4.90 Å². The Morgan fingerprint density at radius 2 is 1.02 bits per heavy atom. The molecular formula is C47H33N3. The fourth-order valence-electron chi connectivity index (χ4n) is 7.08. The summed E-state index contributed by atoms with van der Waals surface area (Å²) in [5, 5.41) is 2.44. The van der Waals surface area contributed by atoms with Crippen LogP contribution < -0.4 is 4.90 Å². The monoisotopic (exact) mass is 639 g/mol. The number of benzene rings is 8. The van der Waals surface area contributed by atoms with E-state index < -0.39 is 0 Å². The van der Waals surface area contributed by atoms with Crippen molar-refractivity contribution >= 4 is 38.9 Å². The van der Waals surface area contributed by atoms with E-state index in [-0.39, 0.29) is 0 Å². The van der Waals surface area contributed by atoms with Crippen LogP contribution in [-0.2, 0) is 0 Å². The van der Waals surface area contributed by atoms with Gasteiger partial charge in [0, 0.05) is 28.3 Å². The summed E-state index contributed by atoms with van der Waals surface area (Å²) in [6, 6.07) is 71.0. The van der Waals surface area contributed by atoms with Crippen molar-refractivity contribution in [3.8, 4) is 39.3 Å². The molecule has 1 heterocycles. The lowest BCUT2D eigenvalue weighted by Crippen LogP contribution is -2.09. The van der Waals surface area contributed by atoms with Gasteiger partial charge in [0.05, 0.1) is 11.0 Å². The standard InChI is InChI=1S/C47H33N3/c1-4-17-38(18-5-1)49(39-19-6-2-7-20-39)41-23-14-16-37(33-41)46-42-24-11-10-15-34(42)31-32-43(46)35-27-29-36(30-28-35)47-48-44-25-12-13-26-45(44)50(47)40-21-8-3-9-22-40/h1-33H. The third kappa shape index (κ3) is 5.32. The molecule has 1 aromatic heterocycles. The zero-order chi connectivity index (χ0) is 33.3. The Morgan fingerprint density at radius 3 is 1.76 bits per heavy atom. The summed E-state index contributed by atoms with van der Waals surface area (Å²) in [4.78, 5) is 7.42. The van der Waals surface area contributed by atoms with Crippen molar-refractivity contribution < 1.29 is 0 Å². The Bertz CT molecular complexity index is 2530. The van der Waals surface area contributed by atoms with E-state index in [4.69, 9.17) is 4.98 Å². The Labute approximate surface area is 292 Å². The third-order valence-electron chi connectivity index (χ3n) is 9.38.